The molecule has 0 amide bonds. The Hall–Kier alpha value is 0.310. The number of thioether (sulfide) groups is 1. The largest absolute Gasteiger partial charge is 0.301 e. The summed E-state index contributed by atoms with van der Waals surface area (Å²) in [7, 11) is 2.30. The van der Waals surface area contributed by atoms with Crippen molar-refractivity contribution in [2.24, 2.45) is 0 Å². The molecule has 1 saturated carbocycles. The third-order valence-corrected chi connectivity index (χ3v) is 4.70. The van der Waals surface area contributed by atoms with Crippen molar-refractivity contribution >= 4 is 11.8 Å². The highest BCUT2D eigenvalue weighted by atomic mass is 32.2. The molecule has 0 aromatic heterocycles. The topological polar surface area (TPSA) is 3.24 Å². The SMILES string of the molecule is CC1CN(C)C2CCCCC2S1. The monoisotopic (exact) mass is 185 g/mol. The number of nitrogens with zero attached hydrogens (tertiary/aromatic N) is 1. The Bertz CT molecular complexity index is 160. The second kappa shape index (κ2) is 3.59. The van der Waals surface area contributed by atoms with E-state index >= 15 is 0 Å². The van der Waals surface area contributed by atoms with Crippen LogP contribution >= 0.6 is 11.8 Å². The van der Waals surface area contributed by atoms with E-state index in [0.29, 0.717) is 0 Å². The van der Waals surface area contributed by atoms with Gasteiger partial charge in [0, 0.05) is 23.1 Å². The second-order valence-electron chi connectivity index (χ2n) is 4.28. The number of fused-ring (bicyclic) bond motifs is 1. The summed E-state index contributed by atoms with van der Waals surface area (Å²) in [6.45, 7) is 3.66. The first-order valence-corrected chi connectivity index (χ1v) is 6.07. The van der Waals surface area contributed by atoms with Crippen LogP contribution in [0.4, 0.5) is 0 Å². The van der Waals surface area contributed by atoms with E-state index in [1.54, 1.807) is 0 Å². The maximum atomic E-state index is 2.59. The van der Waals surface area contributed by atoms with Gasteiger partial charge in [-0.25, -0.2) is 0 Å². The Morgan fingerprint density at radius 1 is 1.25 bits per heavy atom. The highest BCUT2D eigenvalue weighted by Crippen LogP contribution is 2.37. The van der Waals surface area contributed by atoms with Gasteiger partial charge in [0.2, 0.25) is 0 Å². The molecule has 3 unspecified atom stereocenters. The number of rotatable bonds is 0. The highest BCUT2D eigenvalue weighted by molar-refractivity contribution is 8.00. The summed E-state index contributed by atoms with van der Waals surface area (Å²) in [6, 6.07) is 0.903. The van der Waals surface area contributed by atoms with Crippen molar-refractivity contribution in [3.63, 3.8) is 0 Å². The van der Waals surface area contributed by atoms with Crippen LogP contribution in [-0.2, 0) is 0 Å². The minimum absolute atomic E-state index is 0.856. The summed E-state index contributed by atoms with van der Waals surface area (Å²) in [5.41, 5.74) is 0. The van der Waals surface area contributed by atoms with Crippen LogP contribution in [0, 0.1) is 0 Å². The molecule has 0 bridgehead atoms. The van der Waals surface area contributed by atoms with Gasteiger partial charge < -0.3 is 4.90 Å². The van der Waals surface area contributed by atoms with Crippen molar-refractivity contribution < 1.29 is 0 Å². The second-order valence-corrected chi connectivity index (χ2v) is 5.96. The molecule has 1 saturated heterocycles. The minimum Gasteiger partial charge on any atom is -0.301 e. The zero-order chi connectivity index (χ0) is 8.55. The molecule has 2 fully saturated rings. The molecule has 0 radical (unpaired) electrons. The van der Waals surface area contributed by atoms with Gasteiger partial charge in [-0.1, -0.05) is 19.8 Å². The predicted molar refractivity (Wildman–Crippen MR) is 55.7 cm³/mol. The summed E-state index contributed by atoms with van der Waals surface area (Å²) in [5, 5.41) is 1.81. The molecular formula is C10H19NS. The van der Waals surface area contributed by atoms with Crippen LogP contribution in [0.3, 0.4) is 0 Å². The van der Waals surface area contributed by atoms with Crippen LogP contribution in [0.1, 0.15) is 32.6 Å². The molecule has 3 atom stereocenters. The van der Waals surface area contributed by atoms with Crippen molar-refractivity contribution in [2.75, 3.05) is 13.6 Å². The Labute approximate surface area is 79.9 Å². The quantitative estimate of drug-likeness (QED) is 0.570. The zero-order valence-corrected chi connectivity index (χ0v) is 8.94. The van der Waals surface area contributed by atoms with Crippen LogP contribution < -0.4 is 0 Å². The Morgan fingerprint density at radius 2 is 2.00 bits per heavy atom. The van der Waals surface area contributed by atoms with Gasteiger partial charge in [0.05, 0.1) is 0 Å². The van der Waals surface area contributed by atoms with Gasteiger partial charge in [0.25, 0.3) is 0 Å². The van der Waals surface area contributed by atoms with Crippen molar-refractivity contribution in [3.8, 4) is 0 Å². The molecule has 2 rings (SSSR count). The standard InChI is InChI=1S/C10H19NS/c1-8-7-11(2)9-5-3-4-6-10(9)12-8/h8-10H,3-7H2,1-2H3. The maximum Gasteiger partial charge on any atom is 0.0212 e. The average molecular weight is 185 g/mol. The van der Waals surface area contributed by atoms with E-state index in [1.165, 1.54) is 32.2 Å². The minimum atomic E-state index is 0.856. The fraction of sp³-hybridized carbons (Fsp3) is 1.00. The van der Waals surface area contributed by atoms with Crippen molar-refractivity contribution in [1.29, 1.82) is 0 Å². The smallest absolute Gasteiger partial charge is 0.0212 e. The first kappa shape index (κ1) is 8.89. The molecule has 2 heteroatoms. The summed E-state index contributed by atoms with van der Waals surface area (Å²) < 4.78 is 0. The first-order valence-electron chi connectivity index (χ1n) is 5.13. The van der Waals surface area contributed by atoms with Gasteiger partial charge >= 0.3 is 0 Å². The van der Waals surface area contributed by atoms with E-state index < -0.39 is 0 Å². The van der Waals surface area contributed by atoms with Crippen LogP contribution in [0.5, 0.6) is 0 Å². The van der Waals surface area contributed by atoms with E-state index in [-0.39, 0.29) is 0 Å². The molecule has 0 aromatic carbocycles. The van der Waals surface area contributed by atoms with Gasteiger partial charge in [0.15, 0.2) is 0 Å². The van der Waals surface area contributed by atoms with E-state index in [4.69, 9.17) is 0 Å². The molecule has 0 spiro atoms. The molecule has 12 heavy (non-hydrogen) atoms. The lowest BCUT2D eigenvalue weighted by Crippen LogP contribution is -2.49. The van der Waals surface area contributed by atoms with Gasteiger partial charge in [-0.2, -0.15) is 11.8 Å². The molecule has 1 nitrogen and oxygen atoms in total. The number of hydrogen-bond donors (Lipinski definition) is 0. The van der Waals surface area contributed by atoms with Gasteiger partial charge in [-0.3, -0.25) is 0 Å². The molecule has 0 aromatic rings. The third kappa shape index (κ3) is 1.64. The lowest BCUT2D eigenvalue weighted by atomic mass is 9.93. The molecule has 2 aliphatic rings. The molecular weight excluding hydrogens is 166 g/mol. The Balaban J connectivity index is 2.01. The maximum absolute atomic E-state index is 2.59. The van der Waals surface area contributed by atoms with E-state index in [0.717, 1.165) is 16.5 Å². The molecule has 0 N–H and O–H groups in total. The van der Waals surface area contributed by atoms with Gasteiger partial charge in [0.1, 0.15) is 0 Å². The van der Waals surface area contributed by atoms with Crippen LogP contribution in [0.25, 0.3) is 0 Å². The normalized spacial score (nSPS) is 44.0. The Morgan fingerprint density at radius 3 is 2.83 bits per heavy atom. The molecule has 1 heterocycles. The van der Waals surface area contributed by atoms with Crippen LogP contribution in [-0.4, -0.2) is 35.0 Å². The van der Waals surface area contributed by atoms with Crippen molar-refractivity contribution in [3.05, 3.63) is 0 Å². The van der Waals surface area contributed by atoms with Crippen LogP contribution in [0.15, 0.2) is 0 Å². The molecule has 1 aliphatic heterocycles. The molecule has 70 valence electrons. The van der Waals surface area contributed by atoms with Crippen molar-refractivity contribution in [2.45, 2.75) is 49.1 Å². The average Bonchev–Trinajstić information content (AvgIpc) is 2.04. The van der Waals surface area contributed by atoms with Gasteiger partial charge in [-0.05, 0) is 19.9 Å². The molecule has 1 aliphatic carbocycles. The number of hydrogen-bond acceptors (Lipinski definition) is 2. The fourth-order valence-corrected chi connectivity index (χ4v) is 4.37. The highest BCUT2D eigenvalue weighted by Gasteiger charge is 2.34. The van der Waals surface area contributed by atoms with Crippen LogP contribution in [0.2, 0.25) is 0 Å². The summed E-state index contributed by atoms with van der Waals surface area (Å²) in [5.74, 6) is 0. The summed E-state index contributed by atoms with van der Waals surface area (Å²) in [6.07, 6.45) is 5.83. The third-order valence-electron chi connectivity index (χ3n) is 3.19. The summed E-state index contributed by atoms with van der Waals surface area (Å²) in [4.78, 5) is 2.59. The Kier molecular flexibility index (Phi) is 2.66. The lowest BCUT2D eigenvalue weighted by Gasteiger charge is -2.44. The zero-order valence-electron chi connectivity index (χ0n) is 8.12. The van der Waals surface area contributed by atoms with Gasteiger partial charge in [-0.15, -0.1) is 0 Å². The lowest BCUT2D eigenvalue weighted by molar-refractivity contribution is 0.189. The summed E-state index contributed by atoms with van der Waals surface area (Å²) >= 11 is 2.23. The van der Waals surface area contributed by atoms with Crippen molar-refractivity contribution in [1.82, 2.24) is 4.90 Å². The van der Waals surface area contributed by atoms with E-state index in [9.17, 15) is 0 Å². The van der Waals surface area contributed by atoms with E-state index in [1.807, 2.05) is 0 Å². The predicted octanol–water partition coefficient (Wildman–Crippen LogP) is 2.36. The fourth-order valence-electron chi connectivity index (χ4n) is 2.62. The first-order chi connectivity index (χ1) is 5.77. The van der Waals surface area contributed by atoms with E-state index in [2.05, 4.69) is 30.6 Å².